The van der Waals surface area contributed by atoms with Gasteiger partial charge in [-0.1, -0.05) is 19.1 Å². The Labute approximate surface area is 128 Å². The smallest absolute Gasteiger partial charge is 0.337 e. The third kappa shape index (κ3) is 2.62. The van der Waals surface area contributed by atoms with E-state index in [9.17, 15) is 9.59 Å². The van der Waals surface area contributed by atoms with Crippen LogP contribution < -0.4 is 0 Å². The summed E-state index contributed by atoms with van der Waals surface area (Å²) in [4.78, 5) is 23.8. The number of aromatic nitrogens is 2. The maximum Gasteiger partial charge on any atom is 0.337 e. The van der Waals surface area contributed by atoms with Gasteiger partial charge < -0.3 is 4.74 Å². The second-order valence-electron chi connectivity index (χ2n) is 5.60. The minimum atomic E-state index is -0.405. The highest BCUT2D eigenvalue weighted by molar-refractivity contribution is 5.99. The Kier molecular flexibility index (Phi) is 3.71. The number of Topliss-reactive ketones (excluding diaryl/α,β-unsaturated/α-hetero) is 1. The van der Waals surface area contributed by atoms with Crippen molar-refractivity contribution < 1.29 is 14.3 Å². The lowest BCUT2D eigenvalue weighted by molar-refractivity contribution is 0.0600. The Morgan fingerprint density at radius 2 is 2.05 bits per heavy atom. The SMILES string of the molecule is COC(=O)c1cccc(-c2cc3c(nn2)CC(C)CC3=O)c1. The van der Waals surface area contributed by atoms with Gasteiger partial charge in [0.25, 0.3) is 0 Å². The van der Waals surface area contributed by atoms with E-state index in [4.69, 9.17) is 4.74 Å². The first kappa shape index (κ1) is 14.4. The molecule has 0 saturated carbocycles. The number of methoxy groups -OCH3 is 1. The molecule has 1 unspecified atom stereocenters. The summed E-state index contributed by atoms with van der Waals surface area (Å²) in [6, 6.07) is 8.73. The van der Waals surface area contributed by atoms with E-state index in [0.29, 0.717) is 29.2 Å². The second kappa shape index (κ2) is 5.67. The van der Waals surface area contributed by atoms with Crippen LogP contribution in [0.5, 0.6) is 0 Å². The number of fused-ring (bicyclic) bond motifs is 1. The molecule has 1 aliphatic carbocycles. The third-order valence-electron chi connectivity index (χ3n) is 3.83. The van der Waals surface area contributed by atoms with Gasteiger partial charge in [0.05, 0.1) is 24.1 Å². The van der Waals surface area contributed by atoms with Crippen molar-refractivity contribution in [1.29, 1.82) is 0 Å². The maximum atomic E-state index is 12.2. The monoisotopic (exact) mass is 296 g/mol. The molecule has 1 aromatic heterocycles. The molecule has 22 heavy (non-hydrogen) atoms. The van der Waals surface area contributed by atoms with Crippen LogP contribution in [0, 0.1) is 5.92 Å². The van der Waals surface area contributed by atoms with Gasteiger partial charge in [0.1, 0.15) is 0 Å². The number of hydrogen-bond donors (Lipinski definition) is 0. The van der Waals surface area contributed by atoms with Gasteiger partial charge in [-0.3, -0.25) is 4.79 Å². The number of hydrogen-bond acceptors (Lipinski definition) is 5. The van der Waals surface area contributed by atoms with Gasteiger partial charge in [0, 0.05) is 17.5 Å². The van der Waals surface area contributed by atoms with Crippen molar-refractivity contribution in [3.05, 3.63) is 47.2 Å². The van der Waals surface area contributed by atoms with Gasteiger partial charge in [-0.05, 0) is 30.5 Å². The fraction of sp³-hybridized carbons (Fsp3) is 0.294. The normalized spacial score (nSPS) is 17.0. The average molecular weight is 296 g/mol. The Morgan fingerprint density at radius 1 is 1.23 bits per heavy atom. The van der Waals surface area contributed by atoms with E-state index >= 15 is 0 Å². The van der Waals surface area contributed by atoms with E-state index in [2.05, 4.69) is 10.2 Å². The summed E-state index contributed by atoms with van der Waals surface area (Å²) in [6.45, 7) is 2.04. The molecule has 5 heteroatoms. The van der Waals surface area contributed by atoms with Crippen molar-refractivity contribution in [3.63, 3.8) is 0 Å². The molecule has 0 N–H and O–H groups in total. The van der Waals surface area contributed by atoms with Crippen LogP contribution in [0.3, 0.4) is 0 Å². The van der Waals surface area contributed by atoms with Crippen LogP contribution in [0.25, 0.3) is 11.3 Å². The second-order valence-corrected chi connectivity index (χ2v) is 5.60. The predicted octanol–water partition coefficient (Wildman–Crippen LogP) is 2.70. The Bertz CT molecular complexity index is 755. The molecule has 0 amide bonds. The zero-order chi connectivity index (χ0) is 15.7. The van der Waals surface area contributed by atoms with Crippen molar-refractivity contribution in [2.45, 2.75) is 19.8 Å². The summed E-state index contributed by atoms with van der Waals surface area (Å²) in [5.41, 5.74) is 3.18. The lowest BCUT2D eigenvalue weighted by Gasteiger charge is -2.19. The summed E-state index contributed by atoms with van der Waals surface area (Å²) in [7, 11) is 1.34. The molecule has 0 fully saturated rings. The minimum Gasteiger partial charge on any atom is -0.465 e. The van der Waals surface area contributed by atoms with Crippen molar-refractivity contribution in [2.75, 3.05) is 7.11 Å². The molecular formula is C17H16N2O3. The molecule has 0 radical (unpaired) electrons. The first-order valence-corrected chi connectivity index (χ1v) is 7.17. The summed E-state index contributed by atoms with van der Waals surface area (Å²) < 4.78 is 4.72. The molecule has 2 aromatic rings. The van der Waals surface area contributed by atoms with E-state index in [-0.39, 0.29) is 5.78 Å². The Morgan fingerprint density at radius 3 is 2.82 bits per heavy atom. The highest BCUT2D eigenvalue weighted by Crippen LogP contribution is 2.27. The first-order valence-electron chi connectivity index (χ1n) is 7.17. The van der Waals surface area contributed by atoms with Crippen molar-refractivity contribution in [1.82, 2.24) is 10.2 Å². The molecule has 0 aliphatic heterocycles. The van der Waals surface area contributed by atoms with Crippen LogP contribution in [0.1, 0.15) is 39.8 Å². The van der Waals surface area contributed by atoms with Gasteiger partial charge in [-0.2, -0.15) is 10.2 Å². The van der Waals surface area contributed by atoms with Crippen LogP contribution in [0.4, 0.5) is 0 Å². The zero-order valence-corrected chi connectivity index (χ0v) is 12.5. The standard InChI is InChI=1S/C17H16N2O3/c1-10-6-15-13(16(20)7-10)9-14(18-19-15)11-4-3-5-12(8-11)17(21)22-2/h3-5,8-10H,6-7H2,1-2H3. The first-order chi connectivity index (χ1) is 10.6. The number of nitrogens with zero attached hydrogens (tertiary/aromatic N) is 2. The quantitative estimate of drug-likeness (QED) is 0.797. The van der Waals surface area contributed by atoms with E-state index in [1.54, 1.807) is 24.3 Å². The van der Waals surface area contributed by atoms with E-state index in [0.717, 1.165) is 17.7 Å². The van der Waals surface area contributed by atoms with Crippen LogP contribution in [0.15, 0.2) is 30.3 Å². The summed E-state index contributed by atoms with van der Waals surface area (Å²) in [6.07, 6.45) is 1.32. The molecule has 1 heterocycles. The molecule has 1 aromatic carbocycles. The number of carbonyl (C=O) groups excluding carboxylic acids is 2. The van der Waals surface area contributed by atoms with Crippen molar-refractivity contribution >= 4 is 11.8 Å². The molecular weight excluding hydrogens is 280 g/mol. The Balaban J connectivity index is 2.01. The van der Waals surface area contributed by atoms with Gasteiger partial charge in [0.15, 0.2) is 5.78 Å². The lowest BCUT2D eigenvalue weighted by atomic mass is 9.87. The lowest BCUT2D eigenvalue weighted by Crippen LogP contribution is -2.20. The largest absolute Gasteiger partial charge is 0.465 e. The summed E-state index contributed by atoms with van der Waals surface area (Å²) >= 11 is 0. The highest BCUT2D eigenvalue weighted by atomic mass is 16.5. The van der Waals surface area contributed by atoms with Gasteiger partial charge in [0.2, 0.25) is 0 Å². The van der Waals surface area contributed by atoms with Crippen LogP contribution >= 0.6 is 0 Å². The van der Waals surface area contributed by atoms with Crippen LogP contribution in [-0.4, -0.2) is 29.1 Å². The molecule has 112 valence electrons. The van der Waals surface area contributed by atoms with Gasteiger partial charge in [-0.15, -0.1) is 0 Å². The van der Waals surface area contributed by atoms with E-state index < -0.39 is 5.97 Å². The molecule has 1 atom stereocenters. The number of ketones is 1. The van der Waals surface area contributed by atoms with Crippen molar-refractivity contribution in [3.8, 4) is 11.3 Å². The topological polar surface area (TPSA) is 69.2 Å². The fourth-order valence-electron chi connectivity index (χ4n) is 2.70. The summed E-state index contributed by atoms with van der Waals surface area (Å²) in [5, 5.41) is 8.41. The number of rotatable bonds is 2. The molecule has 5 nitrogen and oxygen atoms in total. The van der Waals surface area contributed by atoms with Crippen LogP contribution in [0.2, 0.25) is 0 Å². The van der Waals surface area contributed by atoms with E-state index in [1.807, 2.05) is 13.0 Å². The number of ether oxygens (including phenoxy) is 1. The number of esters is 1. The average Bonchev–Trinajstić information content (AvgIpc) is 2.54. The minimum absolute atomic E-state index is 0.106. The zero-order valence-electron chi connectivity index (χ0n) is 12.5. The molecule has 1 aliphatic rings. The van der Waals surface area contributed by atoms with Gasteiger partial charge in [-0.25, -0.2) is 4.79 Å². The molecule has 0 saturated heterocycles. The van der Waals surface area contributed by atoms with Crippen molar-refractivity contribution in [2.24, 2.45) is 5.92 Å². The maximum absolute atomic E-state index is 12.2. The predicted molar refractivity (Wildman–Crippen MR) is 80.6 cm³/mol. The van der Waals surface area contributed by atoms with Crippen LogP contribution in [-0.2, 0) is 11.2 Å². The summed E-state index contributed by atoms with van der Waals surface area (Å²) in [5.74, 6) is 0.00879. The van der Waals surface area contributed by atoms with Gasteiger partial charge >= 0.3 is 5.97 Å². The highest BCUT2D eigenvalue weighted by Gasteiger charge is 2.24. The number of benzene rings is 1. The van der Waals surface area contributed by atoms with E-state index in [1.165, 1.54) is 7.11 Å². The third-order valence-corrected chi connectivity index (χ3v) is 3.83. The molecule has 0 spiro atoms. The Hall–Kier alpha value is -2.56. The fourth-order valence-corrected chi connectivity index (χ4v) is 2.70. The molecule has 0 bridgehead atoms. The molecule has 3 rings (SSSR count). The number of carbonyl (C=O) groups is 2.